The van der Waals surface area contributed by atoms with Crippen LogP contribution in [-0.4, -0.2) is 50.7 Å². The fraction of sp³-hybridized carbons (Fsp3) is 0.406. The number of benzene rings is 3. The molecule has 210 valence electrons. The first kappa shape index (κ1) is 27.1. The van der Waals surface area contributed by atoms with E-state index in [4.69, 9.17) is 9.47 Å². The fourth-order valence-electron chi connectivity index (χ4n) is 7.37. The van der Waals surface area contributed by atoms with Crippen molar-refractivity contribution in [3.8, 4) is 0 Å². The predicted octanol–water partition coefficient (Wildman–Crippen LogP) is 4.47. The Morgan fingerprint density at radius 3 is 2.08 bits per heavy atom. The zero-order valence-electron chi connectivity index (χ0n) is 22.5. The molecule has 0 amide bonds. The van der Waals surface area contributed by atoms with E-state index in [9.17, 15) is 24.5 Å². The first-order valence-electron chi connectivity index (χ1n) is 13.8. The van der Waals surface area contributed by atoms with Crippen LogP contribution < -0.4 is 0 Å². The van der Waals surface area contributed by atoms with Crippen LogP contribution in [0.5, 0.6) is 0 Å². The van der Waals surface area contributed by atoms with E-state index >= 15 is 0 Å². The van der Waals surface area contributed by atoms with Crippen molar-refractivity contribution in [1.29, 1.82) is 0 Å². The Hall–Kier alpha value is -3.14. The minimum atomic E-state index is -1.55. The maximum absolute atomic E-state index is 14.3. The van der Waals surface area contributed by atoms with Crippen molar-refractivity contribution in [2.24, 2.45) is 5.92 Å². The van der Waals surface area contributed by atoms with Gasteiger partial charge >= 0.3 is 5.97 Å². The molecule has 40 heavy (non-hydrogen) atoms. The van der Waals surface area contributed by atoms with Gasteiger partial charge in [-0.3, -0.25) is 4.79 Å². The summed E-state index contributed by atoms with van der Waals surface area (Å²) in [5.41, 5.74) is -3.31. The van der Waals surface area contributed by atoms with E-state index in [1.807, 2.05) is 79.4 Å². The quantitative estimate of drug-likeness (QED) is 0.358. The standard InChI is InChI=1S/C32H34FNO6/c1-21(2)31(38)29(22-9-5-3-6-10-22)30(40-29,23-11-7-4-8-12-23)32(24-13-15-25(33)16-14-24)34(31)18-17-27(39-32)19-26(35)20-28(36)37/h3-16,21,26-27,35,38H,17-20H2,1-2H3,(H,36,37)/t26-,27?,29?,30?,31?,32?/m1/s1. The number of hydrogen-bond donors (Lipinski definition) is 3. The van der Waals surface area contributed by atoms with Crippen LogP contribution >= 0.6 is 0 Å². The van der Waals surface area contributed by atoms with Gasteiger partial charge in [0.05, 0.1) is 18.6 Å². The Bertz CT molecular complexity index is 1390. The Morgan fingerprint density at radius 1 is 0.950 bits per heavy atom. The number of carbonyl (C=O) groups is 1. The maximum atomic E-state index is 14.3. The van der Waals surface area contributed by atoms with E-state index in [0.29, 0.717) is 18.5 Å². The van der Waals surface area contributed by atoms with Gasteiger partial charge in [-0.05, 0) is 35.6 Å². The number of aliphatic carboxylic acids is 1. The highest BCUT2D eigenvalue weighted by Gasteiger charge is 2.97. The third-order valence-corrected chi connectivity index (χ3v) is 8.91. The van der Waals surface area contributed by atoms with Gasteiger partial charge in [0.2, 0.25) is 0 Å². The zero-order valence-corrected chi connectivity index (χ0v) is 22.5. The highest BCUT2D eigenvalue weighted by atomic mass is 19.1. The lowest BCUT2D eigenvalue weighted by molar-refractivity contribution is -0.329. The van der Waals surface area contributed by atoms with Crippen molar-refractivity contribution in [2.45, 2.75) is 68.0 Å². The van der Waals surface area contributed by atoms with E-state index in [-0.39, 0.29) is 12.3 Å². The molecule has 3 aromatic carbocycles. The van der Waals surface area contributed by atoms with Crippen molar-refractivity contribution in [3.63, 3.8) is 0 Å². The second-order valence-corrected chi connectivity index (χ2v) is 11.4. The molecule has 7 nitrogen and oxygen atoms in total. The van der Waals surface area contributed by atoms with E-state index in [1.54, 1.807) is 12.1 Å². The van der Waals surface area contributed by atoms with E-state index in [0.717, 1.165) is 11.1 Å². The van der Waals surface area contributed by atoms with Crippen LogP contribution in [0.15, 0.2) is 84.9 Å². The summed E-state index contributed by atoms with van der Waals surface area (Å²) in [5.74, 6) is -1.83. The molecule has 0 bridgehead atoms. The molecule has 0 aliphatic carbocycles. The van der Waals surface area contributed by atoms with Crippen molar-refractivity contribution >= 4 is 5.97 Å². The van der Waals surface area contributed by atoms with Crippen molar-refractivity contribution in [2.75, 3.05) is 6.54 Å². The molecule has 6 rings (SSSR count). The van der Waals surface area contributed by atoms with E-state index < -0.39 is 53.1 Å². The normalized spacial score (nSPS) is 33.8. The third kappa shape index (κ3) is 3.44. The first-order chi connectivity index (χ1) is 19.1. The number of rotatable bonds is 8. The molecule has 8 heteroatoms. The molecule has 5 unspecified atom stereocenters. The minimum Gasteiger partial charge on any atom is -0.481 e. The average Bonchev–Trinajstić information content (AvgIpc) is 3.63. The minimum absolute atomic E-state index is 0.0897. The molecule has 3 aliphatic rings. The molecule has 0 saturated carbocycles. The van der Waals surface area contributed by atoms with Gasteiger partial charge in [0.25, 0.3) is 0 Å². The van der Waals surface area contributed by atoms with Gasteiger partial charge in [-0.25, -0.2) is 9.29 Å². The van der Waals surface area contributed by atoms with Crippen molar-refractivity contribution < 1.29 is 34.0 Å². The van der Waals surface area contributed by atoms with E-state index in [1.165, 1.54) is 12.1 Å². The number of carboxylic acid groups (broad SMARTS) is 1. The van der Waals surface area contributed by atoms with Gasteiger partial charge in [-0.15, -0.1) is 0 Å². The highest BCUT2D eigenvalue weighted by molar-refractivity contribution is 5.67. The number of carboxylic acids is 1. The van der Waals surface area contributed by atoms with Crippen LogP contribution in [0.2, 0.25) is 0 Å². The zero-order chi connectivity index (χ0) is 28.3. The van der Waals surface area contributed by atoms with Crippen LogP contribution in [-0.2, 0) is 31.2 Å². The molecule has 3 fully saturated rings. The summed E-state index contributed by atoms with van der Waals surface area (Å²) < 4.78 is 28.3. The molecular formula is C32H34FNO6. The number of aliphatic hydroxyl groups excluding tert-OH is 1. The molecule has 0 spiro atoms. The number of ether oxygens (including phenoxy) is 2. The lowest BCUT2D eigenvalue weighted by Gasteiger charge is -2.54. The summed E-state index contributed by atoms with van der Waals surface area (Å²) >= 11 is 0. The number of hydrogen-bond acceptors (Lipinski definition) is 6. The second kappa shape index (κ2) is 9.46. The van der Waals surface area contributed by atoms with Gasteiger partial charge in [-0.2, -0.15) is 0 Å². The Morgan fingerprint density at radius 2 is 1.52 bits per heavy atom. The third-order valence-electron chi connectivity index (χ3n) is 8.91. The van der Waals surface area contributed by atoms with E-state index in [2.05, 4.69) is 0 Å². The Kier molecular flexibility index (Phi) is 6.40. The first-order valence-corrected chi connectivity index (χ1v) is 13.8. The van der Waals surface area contributed by atoms with Gasteiger partial charge in [0, 0.05) is 18.5 Å². The number of halogens is 1. The maximum Gasteiger partial charge on any atom is 0.305 e. The van der Waals surface area contributed by atoms with Crippen molar-refractivity contribution in [3.05, 3.63) is 107 Å². The predicted molar refractivity (Wildman–Crippen MR) is 144 cm³/mol. The number of fused-ring (bicyclic) bond motifs is 3. The van der Waals surface area contributed by atoms with Gasteiger partial charge in [0.1, 0.15) is 5.82 Å². The largest absolute Gasteiger partial charge is 0.481 e. The molecule has 3 aliphatic heterocycles. The van der Waals surface area contributed by atoms with Crippen LogP contribution in [0.4, 0.5) is 4.39 Å². The number of morpholine rings is 1. The average molecular weight is 548 g/mol. The molecule has 3 heterocycles. The van der Waals surface area contributed by atoms with Gasteiger partial charge < -0.3 is 24.8 Å². The Labute approximate surface area is 232 Å². The molecule has 6 atom stereocenters. The lowest BCUT2D eigenvalue weighted by atomic mass is 9.71. The molecule has 3 aromatic rings. The summed E-state index contributed by atoms with van der Waals surface area (Å²) in [5, 5.41) is 32.8. The van der Waals surface area contributed by atoms with Crippen LogP contribution in [0.3, 0.4) is 0 Å². The lowest BCUT2D eigenvalue weighted by Crippen LogP contribution is -2.66. The number of aliphatic hydroxyl groups is 2. The molecule has 3 saturated heterocycles. The summed E-state index contributed by atoms with van der Waals surface area (Å²) in [4.78, 5) is 13.3. The second-order valence-electron chi connectivity index (χ2n) is 11.4. The summed E-state index contributed by atoms with van der Waals surface area (Å²) in [7, 11) is 0. The SMILES string of the molecule is CC(C)C1(O)N2CCC(C[C@@H](O)CC(=O)O)OC2(c2ccc(F)cc2)C2(c3ccccc3)OC12c1ccccc1. The van der Waals surface area contributed by atoms with Crippen LogP contribution in [0, 0.1) is 11.7 Å². The van der Waals surface area contributed by atoms with Gasteiger partial charge in [0.15, 0.2) is 22.7 Å². The molecule has 0 aromatic heterocycles. The molecular weight excluding hydrogens is 513 g/mol. The van der Waals surface area contributed by atoms with Crippen LogP contribution in [0.1, 0.15) is 49.8 Å². The van der Waals surface area contributed by atoms with Crippen molar-refractivity contribution in [1.82, 2.24) is 4.90 Å². The smallest absolute Gasteiger partial charge is 0.305 e. The summed E-state index contributed by atoms with van der Waals surface area (Å²) in [6.07, 6.45) is -1.53. The van der Waals surface area contributed by atoms with Gasteiger partial charge in [-0.1, -0.05) is 86.6 Å². The topological polar surface area (TPSA) is 103 Å². The summed E-state index contributed by atoms with van der Waals surface area (Å²) in [6, 6.07) is 25.3. The number of nitrogens with zero attached hydrogens (tertiary/aromatic N) is 1. The van der Waals surface area contributed by atoms with Crippen LogP contribution in [0.25, 0.3) is 0 Å². The summed E-state index contributed by atoms with van der Waals surface area (Å²) in [6.45, 7) is 4.28. The monoisotopic (exact) mass is 547 g/mol. The molecule has 0 radical (unpaired) electrons. The molecule has 3 N–H and O–H groups in total. The Balaban J connectivity index is 1.63. The highest BCUT2D eigenvalue weighted by Crippen LogP contribution is 2.82. The number of epoxide rings is 1. The fourth-order valence-corrected chi connectivity index (χ4v) is 7.37.